The van der Waals surface area contributed by atoms with Crippen molar-refractivity contribution < 1.29 is 22.3 Å². The normalized spacial score (nSPS) is 12.6. The number of hydrogen-bond donors (Lipinski definition) is 0. The van der Waals surface area contributed by atoms with E-state index in [9.17, 15) is 17.6 Å². The maximum Gasteiger partial charge on any atom is 0.573 e. The minimum Gasteiger partial charge on any atom is -0.406 e. The Bertz CT molecular complexity index is 952. The van der Waals surface area contributed by atoms with Gasteiger partial charge in [-0.2, -0.15) is 0 Å². The van der Waals surface area contributed by atoms with Gasteiger partial charge in [-0.1, -0.05) is 40.6 Å². The molecule has 0 spiro atoms. The van der Waals surface area contributed by atoms with Gasteiger partial charge in [-0.15, -0.1) is 13.2 Å². The number of ether oxygens (including phenoxy) is 1. The number of benzene rings is 2. The van der Waals surface area contributed by atoms with Gasteiger partial charge in [0.2, 0.25) is 5.13 Å². The highest BCUT2D eigenvalue weighted by atomic mass is 35.5. The van der Waals surface area contributed by atoms with Gasteiger partial charge in [-0.25, -0.2) is 14.4 Å². The van der Waals surface area contributed by atoms with Gasteiger partial charge in [0.25, 0.3) is 0 Å². The van der Waals surface area contributed by atoms with E-state index < -0.39 is 12.2 Å². The van der Waals surface area contributed by atoms with Crippen LogP contribution < -0.4 is 4.74 Å². The molecular formula is C15H6Cl2F4N2OS. The fourth-order valence-electron chi connectivity index (χ4n) is 1.97. The standard InChI is InChI=1S/C15H6Cl2F4N2OS/c16-8-2-1-3-9(18)12(8)13(17)23-14-22-10-5-4-7(6-11(10)25-14)24-15(19,20)21/h1-6H. The van der Waals surface area contributed by atoms with Crippen LogP contribution in [0.3, 0.4) is 0 Å². The van der Waals surface area contributed by atoms with Gasteiger partial charge in [0.05, 0.1) is 20.8 Å². The molecule has 0 bridgehead atoms. The SMILES string of the molecule is Fc1cccc(Cl)c1C(Cl)=Nc1nc2ccc(OC(F)(F)F)cc2s1. The van der Waals surface area contributed by atoms with E-state index in [0.717, 1.165) is 17.4 Å². The maximum absolute atomic E-state index is 13.8. The van der Waals surface area contributed by atoms with E-state index in [2.05, 4.69) is 14.7 Å². The van der Waals surface area contributed by atoms with Crippen molar-refractivity contribution in [2.75, 3.05) is 0 Å². The Balaban J connectivity index is 1.96. The zero-order valence-electron chi connectivity index (χ0n) is 11.9. The first-order valence-corrected chi connectivity index (χ1v) is 8.15. The average Bonchev–Trinajstić information content (AvgIpc) is 2.86. The van der Waals surface area contributed by atoms with Crippen LogP contribution in [0.5, 0.6) is 5.75 Å². The molecule has 0 saturated carbocycles. The van der Waals surface area contributed by atoms with Gasteiger partial charge in [-0.05, 0) is 24.3 Å². The fraction of sp³-hybridized carbons (Fsp3) is 0.0667. The van der Waals surface area contributed by atoms with E-state index in [1.165, 1.54) is 30.3 Å². The van der Waals surface area contributed by atoms with Crippen molar-refractivity contribution in [2.24, 2.45) is 4.99 Å². The number of alkyl halides is 3. The van der Waals surface area contributed by atoms with Crippen LogP contribution in [0.2, 0.25) is 5.02 Å². The van der Waals surface area contributed by atoms with Gasteiger partial charge in [0.1, 0.15) is 16.7 Å². The maximum atomic E-state index is 13.8. The third-order valence-electron chi connectivity index (χ3n) is 2.95. The van der Waals surface area contributed by atoms with Crippen molar-refractivity contribution in [2.45, 2.75) is 6.36 Å². The summed E-state index contributed by atoms with van der Waals surface area (Å²) in [5, 5.41) is 0.00752. The summed E-state index contributed by atoms with van der Waals surface area (Å²) in [5.74, 6) is -1.02. The molecule has 0 amide bonds. The number of thiazole rings is 1. The molecule has 3 aromatic rings. The fourth-order valence-corrected chi connectivity index (χ4v) is 3.47. The first-order chi connectivity index (χ1) is 11.7. The monoisotopic (exact) mass is 408 g/mol. The van der Waals surface area contributed by atoms with Crippen molar-refractivity contribution in [3.8, 4) is 5.75 Å². The molecule has 0 aliphatic carbocycles. The predicted octanol–water partition coefficient (Wildman–Crippen LogP) is 6.30. The second-order valence-corrected chi connectivity index (χ2v) is 6.45. The number of halogens is 6. The van der Waals surface area contributed by atoms with Crippen LogP contribution in [0, 0.1) is 5.82 Å². The van der Waals surface area contributed by atoms with Crippen LogP contribution in [-0.4, -0.2) is 16.5 Å². The first kappa shape index (κ1) is 17.9. The number of hydrogen-bond acceptors (Lipinski definition) is 4. The van der Waals surface area contributed by atoms with Crippen LogP contribution in [0.15, 0.2) is 41.4 Å². The van der Waals surface area contributed by atoms with E-state index in [1.54, 1.807) is 0 Å². The van der Waals surface area contributed by atoms with E-state index in [0.29, 0.717) is 10.2 Å². The third-order valence-corrected chi connectivity index (χ3v) is 4.45. The minimum atomic E-state index is -4.79. The minimum absolute atomic E-state index is 0.0776. The summed E-state index contributed by atoms with van der Waals surface area (Å²) >= 11 is 12.9. The highest BCUT2D eigenvalue weighted by molar-refractivity contribution is 7.22. The Kier molecular flexibility index (Phi) is 4.86. The molecule has 0 N–H and O–H groups in total. The molecule has 10 heteroatoms. The van der Waals surface area contributed by atoms with Gasteiger partial charge >= 0.3 is 6.36 Å². The zero-order chi connectivity index (χ0) is 18.2. The van der Waals surface area contributed by atoms with Gasteiger partial charge in [-0.3, -0.25) is 0 Å². The summed E-state index contributed by atoms with van der Waals surface area (Å²) in [6.45, 7) is 0. The zero-order valence-corrected chi connectivity index (χ0v) is 14.3. The number of nitrogens with zero attached hydrogens (tertiary/aromatic N) is 2. The Morgan fingerprint density at radius 3 is 2.64 bits per heavy atom. The summed E-state index contributed by atoms with van der Waals surface area (Å²) in [6.07, 6.45) is -4.79. The molecule has 0 atom stereocenters. The van der Waals surface area contributed by atoms with Crippen molar-refractivity contribution >= 4 is 55.1 Å². The second-order valence-electron chi connectivity index (χ2n) is 4.67. The molecule has 25 heavy (non-hydrogen) atoms. The highest BCUT2D eigenvalue weighted by Gasteiger charge is 2.31. The molecule has 0 aliphatic rings. The van der Waals surface area contributed by atoms with Crippen LogP contribution >= 0.6 is 34.5 Å². The summed E-state index contributed by atoms with van der Waals surface area (Å²) in [6, 6.07) is 7.73. The Labute approximate surface area is 152 Å². The van der Waals surface area contributed by atoms with Crippen LogP contribution in [0.4, 0.5) is 22.7 Å². The topological polar surface area (TPSA) is 34.5 Å². The lowest BCUT2D eigenvalue weighted by molar-refractivity contribution is -0.274. The molecule has 0 radical (unpaired) electrons. The van der Waals surface area contributed by atoms with Crippen molar-refractivity contribution in [3.05, 3.63) is 52.8 Å². The number of rotatable bonds is 3. The third kappa shape index (κ3) is 4.20. The number of aromatic nitrogens is 1. The van der Waals surface area contributed by atoms with E-state index >= 15 is 0 Å². The molecule has 1 heterocycles. The molecule has 0 fully saturated rings. The second kappa shape index (κ2) is 6.78. The molecule has 1 aromatic heterocycles. The summed E-state index contributed by atoms with van der Waals surface area (Å²) in [5.41, 5.74) is 0.327. The lowest BCUT2D eigenvalue weighted by atomic mass is 10.2. The van der Waals surface area contributed by atoms with Crippen LogP contribution in [-0.2, 0) is 0 Å². The predicted molar refractivity (Wildman–Crippen MR) is 89.8 cm³/mol. The lowest BCUT2D eigenvalue weighted by Crippen LogP contribution is -2.16. The molecule has 0 aliphatic heterocycles. The van der Waals surface area contributed by atoms with Gasteiger partial charge in [0.15, 0.2) is 0 Å². The highest BCUT2D eigenvalue weighted by Crippen LogP contribution is 2.34. The smallest absolute Gasteiger partial charge is 0.406 e. The molecular weight excluding hydrogens is 403 g/mol. The van der Waals surface area contributed by atoms with Crippen LogP contribution in [0.25, 0.3) is 10.2 Å². The van der Waals surface area contributed by atoms with Crippen LogP contribution in [0.1, 0.15) is 5.56 Å². The Hall–Kier alpha value is -1.90. The molecule has 0 unspecified atom stereocenters. The molecule has 0 saturated heterocycles. The molecule has 3 rings (SSSR count). The van der Waals surface area contributed by atoms with Gasteiger partial charge in [0, 0.05) is 6.07 Å². The van der Waals surface area contributed by atoms with Crippen molar-refractivity contribution in [3.63, 3.8) is 0 Å². The average molecular weight is 409 g/mol. The largest absolute Gasteiger partial charge is 0.573 e. The van der Waals surface area contributed by atoms with Crippen molar-refractivity contribution in [1.82, 2.24) is 4.98 Å². The Morgan fingerprint density at radius 1 is 1.20 bits per heavy atom. The van der Waals surface area contributed by atoms with Gasteiger partial charge < -0.3 is 4.74 Å². The van der Waals surface area contributed by atoms with E-state index in [4.69, 9.17) is 23.2 Å². The van der Waals surface area contributed by atoms with E-state index in [-0.39, 0.29) is 26.6 Å². The van der Waals surface area contributed by atoms with Crippen molar-refractivity contribution in [1.29, 1.82) is 0 Å². The summed E-state index contributed by atoms with van der Waals surface area (Å²) < 4.78 is 54.9. The summed E-state index contributed by atoms with van der Waals surface area (Å²) in [4.78, 5) is 8.11. The number of aliphatic imine (C=N–C) groups is 1. The lowest BCUT2D eigenvalue weighted by Gasteiger charge is -2.07. The molecule has 130 valence electrons. The summed E-state index contributed by atoms with van der Waals surface area (Å²) in [7, 11) is 0. The number of fused-ring (bicyclic) bond motifs is 1. The Morgan fingerprint density at radius 2 is 1.96 bits per heavy atom. The quantitative estimate of drug-likeness (QED) is 0.376. The van der Waals surface area contributed by atoms with E-state index in [1.807, 2.05) is 0 Å². The first-order valence-electron chi connectivity index (χ1n) is 6.58. The molecule has 2 aromatic carbocycles. The molecule has 3 nitrogen and oxygen atoms in total.